The number of para-hydroxylation sites is 1. The third-order valence-electron chi connectivity index (χ3n) is 2.86. The first-order valence-corrected chi connectivity index (χ1v) is 6.40. The van der Waals surface area contributed by atoms with Crippen molar-refractivity contribution in [1.29, 1.82) is 0 Å². The Morgan fingerprint density at radius 2 is 1.73 bits per heavy atom. The van der Waals surface area contributed by atoms with Crippen LogP contribution in [-0.2, 0) is 6.18 Å². The largest absolute Gasteiger partial charge is 0.416 e. The number of benzene rings is 2. The van der Waals surface area contributed by atoms with Crippen LogP contribution >= 0.6 is 0 Å². The summed E-state index contributed by atoms with van der Waals surface area (Å²) in [7, 11) is 1.63. The molecule has 0 unspecified atom stereocenters. The lowest BCUT2D eigenvalue weighted by Gasteiger charge is -2.20. The molecular formula is C15H14F3N3O. The normalized spacial score (nSPS) is 10.9. The quantitative estimate of drug-likeness (QED) is 0.845. The van der Waals surface area contributed by atoms with E-state index in [-0.39, 0.29) is 5.69 Å². The maximum Gasteiger partial charge on any atom is 0.416 e. The molecule has 0 spiro atoms. The molecule has 0 heterocycles. The Morgan fingerprint density at radius 1 is 1.05 bits per heavy atom. The van der Waals surface area contributed by atoms with Crippen molar-refractivity contribution in [3.63, 3.8) is 0 Å². The van der Waals surface area contributed by atoms with E-state index in [2.05, 4.69) is 10.7 Å². The van der Waals surface area contributed by atoms with Gasteiger partial charge in [0.05, 0.1) is 11.3 Å². The molecule has 116 valence electrons. The highest BCUT2D eigenvalue weighted by Crippen LogP contribution is 2.30. The van der Waals surface area contributed by atoms with Crippen molar-refractivity contribution >= 4 is 17.4 Å². The molecule has 0 saturated heterocycles. The molecule has 2 aromatic rings. The minimum absolute atomic E-state index is 0.0637. The number of alkyl halides is 3. The summed E-state index contributed by atoms with van der Waals surface area (Å²) in [5.74, 6) is 0. The summed E-state index contributed by atoms with van der Waals surface area (Å²) in [6.07, 6.45) is -4.45. The third-order valence-corrected chi connectivity index (χ3v) is 2.86. The predicted molar refractivity (Wildman–Crippen MR) is 78.4 cm³/mol. The Kier molecular flexibility index (Phi) is 4.55. The van der Waals surface area contributed by atoms with Gasteiger partial charge < -0.3 is 5.32 Å². The molecular weight excluding hydrogens is 295 g/mol. The number of nitrogens with zero attached hydrogens (tertiary/aromatic N) is 1. The molecule has 7 heteroatoms. The summed E-state index contributed by atoms with van der Waals surface area (Å²) >= 11 is 0. The van der Waals surface area contributed by atoms with Gasteiger partial charge in [-0.25, -0.2) is 10.2 Å². The Bertz CT molecular complexity index is 644. The number of urea groups is 1. The SMILES string of the molecule is CN(NC(=O)Nc1cccc(C(F)(F)F)c1)c1ccccc1. The fourth-order valence-electron chi connectivity index (χ4n) is 1.80. The second-order valence-corrected chi connectivity index (χ2v) is 4.54. The van der Waals surface area contributed by atoms with E-state index in [1.165, 1.54) is 17.1 Å². The van der Waals surface area contributed by atoms with Crippen LogP contribution in [0.3, 0.4) is 0 Å². The molecule has 0 aromatic heterocycles. The van der Waals surface area contributed by atoms with Crippen LogP contribution in [-0.4, -0.2) is 13.1 Å². The van der Waals surface area contributed by atoms with Crippen LogP contribution in [0.5, 0.6) is 0 Å². The number of hydrazine groups is 1. The zero-order chi connectivity index (χ0) is 16.2. The fraction of sp³-hybridized carbons (Fsp3) is 0.133. The number of anilines is 2. The average Bonchev–Trinajstić information content (AvgIpc) is 2.47. The summed E-state index contributed by atoms with van der Waals surface area (Å²) < 4.78 is 37.8. The van der Waals surface area contributed by atoms with Crippen LogP contribution in [0, 0.1) is 0 Å². The molecule has 0 saturated carbocycles. The lowest BCUT2D eigenvalue weighted by molar-refractivity contribution is -0.137. The second kappa shape index (κ2) is 6.38. The monoisotopic (exact) mass is 309 g/mol. The third kappa shape index (κ3) is 4.15. The Morgan fingerprint density at radius 3 is 2.36 bits per heavy atom. The zero-order valence-electron chi connectivity index (χ0n) is 11.7. The number of hydrogen-bond donors (Lipinski definition) is 2. The van der Waals surface area contributed by atoms with Crippen LogP contribution in [0.15, 0.2) is 54.6 Å². The average molecular weight is 309 g/mol. The molecule has 0 aliphatic carbocycles. The summed E-state index contributed by atoms with van der Waals surface area (Å²) in [4.78, 5) is 11.8. The van der Waals surface area contributed by atoms with Gasteiger partial charge in [-0.05, 0) is 30.3 Å². The van der Waals surface area contributed by atoms with E-state index in [1.807, 2.05) is 6.07 Å². The molecule has 22 heavy (non-hydrogen) atoms. The van der Waals surface area contributed by atoms with Crippen molar-refractivity contribution in [3.05, 3.63) is 60.2 Å². The van der Waals surface area contributed by atoms with E-state index in [0.717, 1.165) is 17.8 Å². The number of halogens is 3. The van der Waals surface area contributed by atoms with Gasteiger partial charge in [-0.2, -0.15) is 13.2 Å². The molecule has 0 atom stereocenters. The van der Waals surface area contributed by atoms with E-state index in [4.69, 9.17) is 0 Å². The van der Waals surface area contributed by atoms with Crippen molar-refractivity contribution in [2.24, 2.45) is 0 Å². The standard InChI is InChI=1S/C15H14F3N3O/c1-21(13-8-3-2-4-9-13)20-14(22)19-12-7-5-6-11(10-12)15(16,17)18/h2-10H,1H3,(H2,19,20,22). The number of nitrogens with one attached hydrogen (secondary N) is 2. The van der Waals surface area contributed by atoms with Gasteiger partial charge in [-0.3, -0.25) is 5.01 Å². The molecule has 2 rings (SSSR count). The number of rotatable bonds is 3. The van der Waals surface area contributed by atoms with E-state index in [0.29, 0.717) is 0 Å². The minimum atomic E-state index is -4.45. The van der Waals surface area contributed by atoms with Crippen molar-refractivity contribution in [1.82, 2.24) is 5.43 Å². The van der Waals surface area contributed by atoms with Gasteiger partial charge >= 0.3 is 12.2 Å². The van der Waals surface area contributed by atoms with Crippen molar-refractivity contribution < 1.29 is 18.0 Å². The van der Waals surface area contributed by atoms with Gasteiger partial charge in [0.2, 0.25) is 0 Å². The predicted octanol–water partition coefficient (Wildman–Crippen LogP) is 3.88. The molecule has 2 aromatic carbocycles. The lowest BCUT2D eigenvalue weighted by Crippen LogP contribution is -2.42. The molecule has 0 radical (unpaired) electrons. The van der Waals surface area contributed by atoms with Crippen LogP contribution in [0.1, 0.15) is 5.56 Å². The number of amides is 2. The van der Waals surface area contributed by atoms with E-state index in [9.17, 15) is 18.0 Å². The summed E-state index contributed by atoms with van der Waals surface area (Å²) in [6.45, 7) is 0. The molecule has 4 nitrogen and oxygen atoms in total. The minimum Gasteiger partial charge on any atom is -0.307 e. The second-order valence-electron chi connectivity index (χ2n) is 4.54. The van der Waals surface area contributed by atoms with Crippen molar-refractivity contribution in [3.8, 4) is 0 Å². The van der Waals surface area contributed by atoms with Crippen molar-refractivity contribution in [2.75, 3.05) is 17.4 Å². The van der Waals surface area contributed by atoms with Gasteiger partial charge in [-0.1, -0.05) is 24.3 Å². The maximum atomic E-state index is 12.6. The van der Waals surface area contributed by atoms with Crippen LogP contribution in [0.4, 0.5) is 29.3 Å². The highest BCUT2D eigenvalue weighted by molar-refractivity contribution is 5.90. The number of hydrogen-bond acceptors (Lipinski definition) is 2. The Labute approximate surface area is 125 Å². The fourth-order valence-corrected chi connectivity index (χ4v) is 1.80. The van der Waals surface area contributed by atoms with Gasteiger partial charge in [0.1, 0.15) is 0 Å². The number of carbonyl (C=O) groups excluding carboxylic acids is 1. The maximum absolute atomic E-state index is 12.6. The van der Waals surface area contributed by atoms with Gasteiger partial charge in [-0.15, -0.1) is 0 Å². The first-order valence-electron chi connectivity index (χ1n) is 6.40. The molecule has 2 amide bonds. The Hall–Kier alpha value is -2.70. The molecule has 2 N–H and O–H groups in total. The number of carbonyl (C=O) groups is 1. The molecule has 0 aliphatic heterocycles. The highest BCUT2D eigenvalue weighted by Gasteiger charge is 2.30. The van der Waals surface area contributed by atoms with Gasteiger partial charge in [0.15, 0.2) is 0 Å². The summed E-state index contributed by atoms with van der Waals surface area (Å²) in [6, 6.07) is 12.8. The summed E-state index contributed by atoms with van der Waals surface area (Å²) in [5.41, 5.74) is 2.49. The molecule has 0 fully saturated rings. The Balaban J connectivity index is 2.01. The molecule has 0 aliphatic rings. The first kappa shape index (κ1) is 15.7. The zero-order valence-corrected chi connectivity index (χ0v) is 11.7. The van der Waals surface area contributed by atoms with Crippen LogP contribution in [0.25, 0.3) is 0 Å². The summed E-state index contributed by atoms with van der Waals surface area (Å²) in [5, 5.41) is 3.82. The first-order chi connectivity index (χ1) is 10.4. The van der Waals surface area contributed by atoms with E-state index in [1.54, 1.807) is 31.3 Å². The topological polar surface area (TPSA) is 44.4 Å². The van der Waals surface area contributed by atoms with Gasteiger partial charge in [0.25, 0.3) is 0 Å². The van der Waals surface area contributed by atoms with Crippen LogP contribution in [0.2, 0.25) is 0 Å². The van der Waals surface area contributed by atoms with Gasteiger partial charge in [0, 0.05) is 12.7 Å². The molecule has 0 bridgehead atoms. The van der Waals surface area contributed by atoms with E-state index >= 15 is 0 Å². The smallest absolute Gasteiger partial charge is 0.307 e. The lowest BCUT2D eigenvalue weighted by atomic mass is 10.2. The highest BCUT2D eigenvalue weighted by atomic mass is 19.4. The van der Waals surface area contributed by atoms with E-state index < -0.39 is 17.8 Å². The van der Waals surface area contributed by atoms with Crippen molar-refractivity contribution in [2.45, 2.75) is 6.18 Å². The van der Waals surface area contributed by atoms with Crippen LogP contribution < -0.4 is 15.8 Å².